The number of nitrogens with zero attached hydrogens (tertiary/aromatic N) is 10. The lowest BCUT2D eigenvalue weighted by Crippen LogP contribution is -2.35. The number of nitrogens with one attached hydrogen (secondary N) is 3. The topological polar surface area (TPSA) is 201 Å². The number of aromatic nitrogens is 9. The molecule has 0 radical (unpaired) electrons. The highest BCUT2D eigenvalue weighted by Gasteiger charge is 2.20. The Morgan fingerprint density at radius 2 is 1.11 bits per heavy atom. The van der Waals surface area contributed by atoms with E-state index in [0.717, 1.165) is 43.6 Å². The minimum absolute atomic E-state index is 0.0965. The van der Waals surface area contributed by atoms with E-state index >= 15 is 0 Å². The van der Waals surface area contributed by atoms with Gasteiger partial charge in [0, 0.05) is 50.0 Å². The van der Waals surface area contributed by atoms with E-state index in [4.69, 9.17) is 24.4 Å². The summed E-state index contributed by atoms with van der Waals surface area (Å²) in [7, 11) is 0. The SMILES string of the molecule is CCNc1nc(C)c2cc(Br)c(=O)n(CCCOc3nc(NCC)nc4c3cc(Br)c(=O)n4CCOCc3nc(NCC)nc4c3cc(Br)c(=O)n4CCN3CCCCC3)c2n1. The van der Waals surface area contributed by atoms with Gasteiger partial charge in [0.2, 0.25) is 23.7 Å². The number of pyridine rings is 3. The minimum atomic E-state index is -0.299. The zero-order valence-corrected chi connectivity index (χ0v) is 40.0. The van der Waals surface area contributed by atoms with E-state index in [2.05, 4.69) is 83.6 Å². The Kier molecular flexibility index (Phi) is 15.2. The maximum Gasteiger partial charge on any atom is 0.266 e. The lowest BCUT2D eigenvalue weighted by molar-refractivity contribution is 0.111. The summed E-state index contributed by atoms with van der Waals surface area (Å²) in [5.41, 5.74) is 2.13. The third-order valence-corrected chi connectivity index (χ3v) is 12.2. The van der Waals surface area contributed by atoms with Crippen molar-refractivity contribution in [3.05, 3.63) is 74.1 Å². The van der Waals surface area contributed by atoms with E-state index in [0.29, 0.717) is 104 Å². The summed E-state index contributed by atoms with van der Waals surface area (Å²) in [5.74, 6) is 1.43. The molecule has 21 heteroatoms. The van der Waals surface area contributed by atoms with Gasteiger partial charge in [0.25, 0.3) is 16.7 Å². The van der Waals surface area contributed by atoms with E-state index in [1.165, 1.54) is 11.0 Å². The number of piperidine rings is 1. The molecule has 7 rings (SSSR count). The lowest BCUT2D eigenvalue weighted by Gasteiger charge is -2.26. The molecular weight excluding hydrogens is 994 g/mol. The first-order chi connectivity index (χ1) is 30.0. The summed E-state index contributed by atoms with van der Waals surface area (Å²) in [6, 6.07) is 5.17. The molecule has 0 amide bonds. The molecule has 0 aromatic carbocycles. The van der Waals surface area contributed by atoms with Crippen molar-refractivity contribution in [2.24, 2.45) is 0 Å². The van der Waals surface area contributed by atoms with Gasteiger partial charge in [-0.3, -0.25) is 28.1 Å². The predicted octanol–water partition coefficient (Wildman–Crippen LogP) is 6.06. The molecule has 0 aliphatic carbocycles. The predicted molar refractivity (Wildman–Crippen MR) is 252 cm³/mol. The number of halogens is 3. The van der Waals surface area contributed by atoms with Gasteiger partial charge in [0.15, 0.2) is 5.65 Å². The third-order valence-electron chi connectivity index (χ3n) is 10.5. The van der Waals surface area contributed by atoms with E-state index in [-0.39, 0.29) is 48.9 Å². The molecule has 7 heterocycles. The van der Waals surface area contributed by atoms with Crippen LogP contribution in [0.2, 0.25) is 0 Å². The number of hydrogen-bond acceptors (Lipinski definition) is 15. The van der Waals surface area contributed by atoms with Crippen LogP contribution in [0.4, 0.5) is 17.8 Å². The normalized spacial score (nSPS) is 13.3. The monoisotopic (exact) mass is 1040 g/mol. The Balaban J connectivity index is 1.11. The van der Waals surface area contributed by atoms with Gasteiger partial charge in [-0.05, 0) is 126 Å². The van der Waals surface area contributed by atoms with Gasteiger partial charge in [-0.2, -0.15) is 19.9 Å². The highest BCUT2D eigenvalue weighted by atomic mass is 79.9. The number of ether oxygens (including phenoxy) is 2. The molecule has 1 aliphatic heterocycles. The number of likely N-dealkylation sites (tertiary alicyclic amines) is 1. The standard InChI is InChI=1S/C41H50Br3N13O5/c1-5-45-39-48-24(4)25-20-28(42)36(58)55(32(25)50-39)14-11-18-62-35-27-22-30(44)38(60)57(34(27)52-41(53-35)47-7-3)17-19-61-23-31-26-21-29(43)37(59)56(16-15-54-12-9-8-10-13-54)33(26)51-40(49-31)46-6-2/h20-22H,5-19,23H2,1-4H3,(H,45,48,50)(H,46,49,51)(H,47,52,53). The van der Waals surface area contributed by atoms with E-state index < -0.39 is 0 Å². The van der Waals surface area contributed by atoms with Crippen molar-refractivity contribution in [1.82, 2.24) is 48.5 Å². The molecule has 0 saturated carbocycles. The fourth-order valence-electron chi connectivity index (χ4n) is 7.50. The van der Waals surface area contributed by atoms with Crippen molar-refractivity contribution in [2.75, 3.05) is 68.4 Å². The Morgan fingerprint density at radius 3 is 1.74 bits per heavy atom. The van der Waals surface area contributed by atoms with Crippen LogP contribution >= 0.6 is 47.8 Å². The molecule has 1 aliphatic rings. The Bertz CT molecular complexity index is 2770. The van der Waals surface area contributed by atoms with Crippen LogP contribution in [-0.4, -0.2) is 101 Å². The van der Waals surface area contributed by atoms with Gasteiger partial charge in [-0.25, -0.2) is 9.97 Å². The van der Waals surface area contributed by atoms with Crippen molar-refractivity contribution in [3.8, 4) is 5.88 Å². The zero-order valence-electron chi connectivity index (χ0n) is 35.2. The van der Waals surface area contributed by atoms with Crippen molar-refractivity contribution >= 4 is 98.7 Å². The molecule has 6 aromatic heterocycles. The average Bonchev–Trinajstić information content (AvgIpc) is 3.25. The Hall–Kier alpha value is -4.57. The van der Waals surface area contributed by atoms with Gasteiger partial charge in [0.05, 0.1) is 56.6 Å². The number of aryl methyl sites for hydroxylation is 2. The van der Waals surface area contributed by atoms with Crippen LogP contribution in [0.5, 0.6) is 5.88 Å². The number of fused-ring (bicyclic) bond motifs is 3. The molecule has 0 bridgehead atoms. The summed E-state index contributed by atoms with van der Waals surface area (Å²) in [5, 5.41) is 11.5. The second-order valence-electron chi connectivity index (χ2n) is 14.8. The average molecular weight is 1040 g/mol. The van der Waals surface area contributed by atoms with Crippen LogP contribution in [0.15, 0.2) is 46.0 Å². The van der Waals surface area contributed by atoms with Gasteiger partial charge >= 0.3 is 0 Å². The van der Waals surface area contributed by atoms with E-state index in [1.807, 2.05) is 27.7 Å². The van der Waals surface area contributed by atoms with Crippen LogP contribution in [-0.2, 0) is 31.0 Å². The van der Waals surface area contributed by atoms with Crippen molar-refractivity contribution in [1.29, 1.82) is 0 Å². The summed E-state index contributed by atoms with van der Waals surface area (Å²) in [6.07, 6.45) is 4.00. The first-order valence-electron chi connectivity index (χ1n) is 20.9. The maximum absolute atomic E-state index is 13.7. The number of rotatable bonds is 19. The zero-order chi connectivity index (χ0) is 43.9. The highest BCUT2D eigenvalue weighted by Crippen LogP contribution is 2.27. The van der Waals surface area contributed by atoms with E-state index in [1.54, 1.807) is 27.3 Å². The quantitative estimate of drug-likeness (QED) is 0.0790. The molecule has 0 unspecified atom stereocenters. The molecule has 0 atom stereocenters. The molecule has 1 fully saturated rings. The summed E-state index contributed by atoms with van der Waals surface area (Å²) in [4.78, 5) is 70.9. The largest absolute Gasteiger partial charge is 0.477 e. The van der Waals surface area contributed by atoms with Gasteiger partial charge in [-0.1, -0.05) is 6.42 Å². The van der Waals surface area contributed by atoms with Crippen molar-refractivity contribution < 1.29 is 9.47 Å². The fraction of sp³-hybridized carbons (Fsp3) is 0.488. The maximum atomic E-state index is 13.7. The van der Waals surface area contributed by atoms with Crippen LogP contribution in [0.25, 0.3) is 33.1 Å². The van der Waals surface area contributed by atoms with Crippen LogP contribution < -0.4 is 37.4 Å². The molecule has 330 valence electrons. The van der Waals surface area contributed by atoms with Crippen LogP contribution in [0, 0.1) is 6.92 Å². The molecule has 18 nitrogen and oxygen atoms in total. The van der Waals surface area contributed by atoms with Crippen molar-refractivity contribution in [2.45, 2.75) is 79.6 Å². The molecular formula is C41H50Br3N13O5. The molecule has 0 spiro atoms. The molecule has 1 saturated heterocycles. The summed E-state index contributed by atoms with van der Waals surface area (Å²) in [6.45, 7) is 13.7. The molecule has 62 heavy (non-hydrogen) atoms. The van der Waals surface area contributed by atoms with Crippen molar-refractivity contribution in [3.63, 3.8) is 0 Å². The fourth-order valence-corrected chi connectivity index (χ4v) is 8.83. The number of hydrogen-bond donors (Lipinski definition) is 3. The van der Waals surface area contributed by atoms with Crippen LogP contribution in [0.3, 0.4) is 0 Å². The first-order valence-corrected chi connectivity index (χ1v) is 23.3. The van der Waals surface area contributed by atoms with Gasteiger partial charge in [0.1, 0.15) is 11.3 Å². The lowest BCUT2D eigenvalue weighted by atomic mass is 10.1. The second-order valence-corrected chi connectivity index (χ2v) is 17.3. The smallest absolute Gasteiger partial charge is 0.266 e. The molecule has 6 aromatic rings. The van der Waals surface area contributed by atoms with E-state index in [9.17, 15) is 14.4 Å². The second kappa shape index (κ2) is 20.7. The number of anilines is 3. The Labute approximate surface area is 382 Å². The van der Waals surface area contributed by atoms with Gasteiger partial charge < -0.3 is 30.3 Å². The van der Waals surface area contributed by atoms with Crippen LogP contribution in [0.1, 0.15) is 57.8 Å². The minimum Gasteiger partial charge on any atom is -0.477 e. The first kappa shape index (κ1) is 45.5. The summed E-state index contributed by atoms with van der Waals surface area (Å²) < 4.78 is 18.5. The van der Waals surface area contributed by atoms with Gasteiger partial charge in [-0.15, -0.1) is 0 Å². The third kappa shape index (κ3) is 10.1. The summed E-state index contributed by atoms with van der Waals surface area (Å²) >= 11 is 10.4. The highest BCUT2D eigenvalue weighted by molar-refractivity contribution is 9.11. The Morgan fingerprint density at radius 1 is 0.597 bits per heavy atom. The molecule has 3 N–H and O–H groups in total.